The number of fused-ring (bicyclic) bond motifs is 1. The van der Waals surface area contributed by atoms with Crippen LogP contribution in [0.5, 0.6) is 0 Å². The van der Waals surface area contributed by atoms with Gasteiger partial charge in [0.05, 0.1) is 11.3 Å². The second kappa shape index (κ2) is 4.75. The van der Waals surface area contributed by atoms with Crippen molar-refractivity contribution >= 4 is 27.9 Å². The second-order valence-corrected chi connectivity index (χ2v) is 5.81. The molecule has 4 aromatic rings. The quantitative estimate of drug-likeness (QED) is 0.569. The molecule has 0 saturated heterocycles. The van der Waals surface area contributed by atoms with Crippen LogP contribution in [0.25, 0.3) is 32.5 Å². The van der Waals surface area contributed by atoms with Gasteiger partial charge in [0.1, 0.15) is 0 Å². The van der Waals surface area contributed by atoms with E-state index in [1.165, 1.54) is 10.8 Å². The smallest absolute Gasteiger partial charge is 0.154 e. The third kappa shape index (κ3) is 1.92. The molecule has 3 nitrogen and oxygen atoms in total. The summed E-state index contributed by atoms with van der Waals surface area (Å²) in [4.78, 5) is 1.13. The van der Waals surface area contributed by atoms with Crippen LogP contribution >= 0.6 is 11.3 Å². The van der Waals surface area contributed by atoms with Gasteiger partial charge in [0.2, 0.25) is 0 Å². The summed E-state index contributed by atoms with van der Waals surface area (Å²) in [6.45, 7) is 0. The Morgan fingerprint density at radius 1 is 0.952 bits per heavy atom. The van der Waals surface area contributed by atoms with Crippen LogP contribution in [-0.2, 0) is 0 Å². The minimum Gasteiger partial charge on any atom is -0.382 e. The maximum Gasteiger partial charge on any atom is 0.154 e. The predicted octanol–water partition coefficient (Wildman–Crippen LogP) is 4.54. The van der Waals surface area contributed by atoms with E-state index in [0.717, 1.165) is 21.7 Å². The Kier molecular flexibility index (Phi) is 2.75. The second-order valence-electron chi connectivity index (χ2n) is 4.86. The molecule has 0 atom stereocenters. The van der Waals surface area contributed by atoms with Crippen molar-refractivity contribution in [1.82, 2.24) is 10.2 Å². The first-order valence-electron chi connectivity index (χ1n) is 6.70. The van der Waals surface area contributed by atoms with Gasteiger partial charge in [-0.05, 0) is 22.2 Å². The van der Waals surface area contributed by atoms with Crippen LogP contribution in [-0.4, -0.2) is 10.2 Å². The zero-order chi connectivity index (χ0) is 14.2. The number of nitrogens with zero attached hydrogens (tertiary/aromatic N) is 1. The average Bonchev–Trinajstić information content (AvgIpc) is 3.16. The topological polar surface area (TPSA) is 54.7 Å². The Labute approximate surface area is 126 Å². The van der Waals surface area contributed by atoms with Crippen molar-refractivity contribution in [1.29, 1.82) is 0 Å². The fourth-order valence-corrected chi connectivity index (χ4v) is 3.45. The van der Waals surface area contributed by atoms with Gasteiger partial charge in [0, 0.05) is 10.4 Å². The number of aromatic amines is 1. The number of anilines is 1. The zero-order valence-electron chi connectivity index (χ0n) is 11.2. The highest BCUT2D eigenvalue weighted by atomic mass is 32.1. The molecule has 0 aliphatic rings. The number of nitrogens with one attached hydrogen (secondary N) is 1. The van der Waals surface area contributed by atoms with E-state index in [4.69, 9.17) is 5.73 Å². The highest BCUT2D eigenvalue weighted by molar-refractivity contribution is 7.13. The molecule has 3 N–H and O–H groups in total. The Hall–Kier alpha value is -2.59. The van der Waals surface area contributed by atoms with Crippen molar-refractivity contribution in [2.24, 2.45) is 0 Å². The summed E-state index contributed by atoms with van der Waals surface area (Å²) in [5.74, 6) is 0.542. The minimum atomic E-state index is 0.542. The molecule has 4 rings (SSSR count). The molecule has 0 aliphatic heterocycles. The number of thiophene rings is 1. The molecule has 0 amide bonds. The molecule has 2 heterocycles. The van der Waals surface area contributed by atoms with E-state index in [1.807, 2.05) is 12.1 Å². The number of nitrogens with two attached hydrogens (primary N) is 1. The third-order valence-electron chi connectivity index (χ3n) is 3.62. The molecule has 21 heavy (non-hydrogen) atoms. The normalized spacial score (nSPS) is 11.0. The number of aromatic nitrogens is 2. The van der Waals surface area contributed by atoms with Crippen LogP contribution in [0.2, 0.25) is 0 Å². The summed E-state index contributed by atoms with van der Waals surface area (Å²) in [5, 5.41) is 11.8. The molecule has 0 spiro atoms. The van der Waals surface area contributed by atoms with Crippen molar-refractivity contribution in [2.45, 2.75) is 0 Å². The van der Waals surface area contributed by atoms with Crippen molar-refractivity contribution < 1.29 is 0 Å². The summed E-state index contributed by atoms with van der Waals surface area (Å²) >= 11 is 1.67. The van der Waals surface area contributed by atoms with Crippen LogP contribution in [0.1, 0.15) is 0 Å². The molecule has 0 fully saturated rings. The molecule has 0 bridgehead atoms. The zero-order valence-corrected chi connectivity index (χ0v) is 12.0. The fourth-order valence-electron chi connectivity index (χ4n) is 2.66. The van der Waals surface area contributed by atoms with Crippen LogP contribution < -0.4 is 5.73 Å². The lowest BCUT2D eigenvalue weighted by Crippen LogP contribution is -1.87. The number of hydrogen-bond acceptors (Lipinski definition) is 3. The van der Waals surface area contributed by atoms with Gasteiger partial charge in [-0.1, -0.05) is 48.5 Å². The van der Waals surface area contributed by atoms with E-state index in [1.54, 1.807) is 11.3 Å². The Balaban J connectivity index is 2.03. The molecule has 102 valence electrons. The summed E-state index contributed by atoms with van der Waals surface area (Å²) in [6, 6.07) is 18.7. The van der Waals surface area contributed by atoms with Crippen LogP contribution in [0, 0.1) is 0 Å². The van der Waals surface area contributed by atoms with Gasteiger partial charge in [-0.3, -0.25) is 5.10 Å². The number of nitrogen functional groups attached to an aromatic ring is 1. The fraction of sp³-hybridized carbons (Fsp3) is 0. The summed E-state index contributed by atoms with van der Waals surface area (Å²) < 4.78 is 0. The molecule has 0 unspecified atom stereocenters. The maximum absolute atomic E-state index is 6.08. The largest absolute Gasteiger partial charge is 0.382 e. The van der Waals surface area contributed by atoms with E-state index in [9.17, 15) is 0 Å². The average molecular weight is 291 g/mol. The monoisotopic (exact) mass is 291 g/mol. The summed E-state index contributed by atoms with van der Waals surface area (Å²) in [7, 11) is 0. The Bertz CT molecular complexity index is 902. The Morgan fingerprint density at radius 3 is 2.67 bits per heavy atom. The number of H-pyrrole nitrogens is 1. The lowest BCUT2D eigenvalue weighted by atomic mass is 9.99. The Morgan fingerprint density at radius 2 is 1.81 bits per heavy atom. The number of rotatable bonds is 2. The predicted molar refractivity (Wildman–Crippen MR) is 89.3 cm³/mol. The van der Waals surface area contributed by atoms with Gasteiger partial charge in [0.15, 0.2) is 5.82 Å². The number of hydrogen-bond donors (Lipinski definition) is 2. The molecule has 2 aromatic carbocycles. The molecule has 4 heteroatoms. The van der Waals surface area contributed by atoms with Gasteiger partial charge < -0.3 is 5.73 Å². The standard InChI is InChI=1S/C17H13N3S/c18-17-15(14-9-4-10-21-14)16(19-20-17)13-8-3-6-11-5-1-2-7-12(11)13/h1-10H,(H3,18,19,20). The third-order valence-corrected chi connectivity index (χ3v) is 4.51. The van der Waals surface area contributed by atoms with Gasteiger partial charge in [-0.15, -0.1) is 11.3 Å². The molecule has 0 radical (unpaired) electrons. The first-order chi connectivity index (χ1) is 10.3. The molecular formula is C17H13N3S. The van der Waals surface area contributed by atoms with Crippen molar-refractivity contribution in [3.63, 3.8) is 0 Å². The van der Waals surface area contributed by atoms with Crippen LogP contribution in [0.4, 0.5) is 5.82 Å². The van der Waals surface area contributed by atoms with Crippen molar-refractivity contribution in [3.8, 4) is 21.7 Å². The highest BCUT2D eigenvalue weighted by Gasteiger charge is 2.16. The van der Waals surface area contributed by atoms with Gasteiger partial charge in [0.25, 0.3) is 0 Å². The van der Waals surface area contributed by atoms with Crippen LogP contribution in [0.3, 0.4) is 0 Å². The van der Waals surface area contributed by atoms with Gasteiger partial charge in [-0.2, -0.15) is 5.10 Å². The molecule has 0 aliphatic carbocycles. The summed E-state index contributed by atoms with van der Waals surface area (Å²) in [6.07, 6.45) is 0. The van der Waals surface area contributed by atoms with Crippen LogP contribution in [0.15, 0.2) is 60.0 Å². The lowest BCUT2D eigenvalue weighted by Gasteiger charge is -2.07. The van der Waals surface area contributed by atoms with Gasteiger partial charge >= 0.3 is 0 Å². The van der Waals surface area contributed by atoms with E-state index in [-0.39, 0.29) is 0 Å². The van der Waals surface area contributed by atoms with E-state index in [2.05, 4.69) is 58.0 Å². The van der Waals surface area contributed by atoms with Crippen molar-refractivity contribution in [2.75, 3.05) is 5.73 Å². The van der Waals surface area contributed by atoms with Crippen molar-refractivity contribution in [3.05, 3.63) is 60.0 Å². The SMILES string of the molecule is Nc1n[nH]c(-c2cccc3ccccc23)c1-c1cccs1. The first kappa shape index (κ1) is 12.2. The molecular weight excluding hydrogens is 278 g/mol. The lowest BCUT2D eigenvalue weighted by molar-refractivity contribution is 1.10. The molecule has 0 saturated carbocycles. The minimum absolute atomic E-state index is 0.542. The maximum atomic E-state index is 6.08. The van der Waals surface area contributed by atoms with E-state index < -0.39 is 0 Å². The van der Waals surface area contributed by atoms with E-state index in [0.29, 0.717) is 5.82 Å². The van der Waals surface area contributed by atoms with E-state index >= 15 is 0 Å². The molecule has 2 aromatic heterocycles. The first-order valence-corrected chi connectivity index (χ1v) is 7.58. The number of benzene rings is 2. The summed E-state index contributed by atoms with van der Waals surface area (Å²) in [5.41, 5.74) is 9.17. The highest BCUT2D eigenvalue weighted by Crippen LogP contribution is 2.39. The van der Waals surface area contributed by atoms with Gasteiger partial charge in [-0.25, -0.2) is 0 Å².